The fourth-order valence-electron chi connectivity index (χ4n) is 2.21. The van der Waals surface area contributed by atoms with E-state index in [0.717, 1.165) is 18.9 Å². The highest BCUT2D eigenvalue weighted by atomic mass is 19.4. The highest BCUT2D eigenvalue weighted by Gasteiger charge is 2.41. The number of benzene rings is 1. The van der Waals surface area contributed by atoms with Gasteiger partial charge in [0.15, 0.2) is 0 Å². The molecule has 0 aliphatic heterocycles. The first-order valence-electron chi connectivity index (χ1n) is 6.36. The second kappa shape index (κ2) is 5.33. The molecule has 0 heterocycles. The lowest BCUT2D eigenvalue weighted by Crippen LogP contribution is -2.17. The molecule has 1 saturated carbocycles. The van der Waals surface area contributed by atoms with Gasteiger partial charge in [-0.25, -0.2) is 0 Å². The Kier molecular flexibility index (Phi) is 3.91. The SMILES string of the molecule is N#Cc1cc(NCC2(CCO)CC2)ccc1C(F)(F)F. The van der Waals surface area contributed by atoms with Crippen molar-refractivity contribution in [2.24, 2.45) is 5.41 Å². The first-order chi connectivity index (χ1) is 9.40. The van der Waals surface area contributed by atoms with Gasteiger partial charge in [-0.2, -0.15) is 18.4 Å². The van der Waals surface area contributed by atoms with Crippen LogP contribution in [0.4, 0.5) is 18.9 Å². The lowest BCUT2D eigenvalue weighted by atomic mass is 10.0. The van der Waals surface area contributed by atoms with E-state index < -0.39 is 11.7 Å². The van der Waals surface area contributed by atoms with Gasteiger partial charge in [-0.05, 0) is 42.9 Å². The molecule has 2 rings (SSSR count). The zero-order chi connectivity index (χ0) is 14.8. The number of aliphatic hydroxyl groups is 1. The smallest absolute Gasteiger partial charge is 0.396 e. The van der Waals surface area contributed by atoms with E-state index in [2.05, 4.69) is 5.32 Å². The third-order valence-corrected chi connectivity index (χ3v) is 3.71. The third kappa shape index (κ3) is 3.23. The molecular formula is C14H15F3N2O. The average Bonchev–Trinajstić information content (AvgIpc) is 3.15. The molecule has 0 atom stereocenters. The molecule has 3 nitrogen and oxygen atoms in total. The Morgan fingerprint density at radius 1 is 1.35 bits per heavy atom. The van der Waals surface area contributed by atoms with Crippen LogP contribution in [0.25, 0.3) is 0 Å². The van der Waals surface area contributed by atoms with Crippen molar-refractivity contribution < 1.29 is 18.3 Å². The highest BCUT2D eigenvalue weighted by molar-refractivity contribution is 5.53. The molecule has 0 spiro atoms. The summed E-state index contributed by atoms with van der Waals surface area (Å²) >= 11 is 0. The first-order valence-corrected chi connectivity index (χ1v) is 6.36. The molecule has 0 unspecified atom stereocenters. The number of nitrogens with one attached hydrogen (secondary N) is 1. The third-order valence-electron chi connectivity index (χ3n) is 3.71. The minimum atomic E-state index is -4.52. The molecule has 1 aliphatic carbocycles. The van der Waals surface area contributed by atoms with Crippen LogP contribution in [0.5, 0.6) is 0 Å². The summed E-state index contributed by atoms with van der Waals surface area (Å²) in [5.74, 6) is 0. The molecule has 20 heavy (non-hydrogen) atoms. The van der Waals surface area contributed by atoms with Gasteiger partial charge < -0.3 is 10.4 Å². The molecule has 0 amide bonds. The molecule has 0 radical (unpaired) electrons. The Labute approximate surface area is 115 Å². The van der Waals surface area contributed by atoms with Gasteiger partial charge in [-0.3, -0.25) is 0 Å². The van der Waals surface area contributed by atoms with Crippen LogP contribution in [0.3, 0.4) is 0 Å². The summed E-state index contributed by atoms with van der Waals surface area (Å²) in [6.45, 7) is 0.710. The summed E-state index contributed by atoms with van der Waals surface area (Å²) in [4.78, 5) is 0. The molecule has 108 valence electrons. The number of aliphatic hydroxyl groups excluding tert-OH is 1. The number of nitrogens with zero attached hydrogens (tertiary/aromatic N) is 1. The predicted octanol–water partition coefficient (Wildman–Crippen LogP) is 3.15. The second-order valence-electron chi connectivity index (χ2n) is 5.20. The van der Waals surface area contributed by atoms with E-state index in [1.807, 2.05) is 0 Å². The van der Waals surface area contributed by atoms with Gasteiger partial charge in [0.1, 0.15) is 0 Å². The Balaban J connectivity index is 2.09. The first kappa shape index (κ1) is 14.7. The number of hydrogen-bond acceptors (Lipinski definition) is 3. The maximum Gasteiger partial charge on any atom is 0.417 e. The van der Waals surface area contributed by atoms with E-state index in [-0.39, 0.29) is 17.6 Å². The van der Waals surface area contributed by atoms with Crippen molar-refractivity contribution in [2.45, 2.75) is 25.4 Å². The molecule has 6 heteroatoms. The summed E-state index contributed by atoms with van der Waals surface area (Å²) in [5.41, 5.74) is -0.736. The summed E-state index contributed by atoms with van der Waals surface area (Å²) in [6, 6.07) is 5.06. The van der Waals surface area contributed by atoms with Crippen LogP contribution in [0.15, 0.2) is 18.2 Å². The van der Waals surface area contributed by atoms with E-state index in [1.54, 1.807) is 6.07 Å². The van der Waals surface area contributed by atoms with E-state index in [9.17, 15) is 13.2 Å². The highest BCUT2D eigenvalue weighted by Crippen LogP contribution is 2.48. The van der Waals surface area contributed by atoms with Crippen LogP contribution in [0.2, 0.25) is 0 Å². The number of rotatable bonds is 5. The number of hydrogen-bond donors (Lipinski definition) is 2. The van der Waals surface area contributed by atoms with E-state index in [4.69, 9.17) is 10.4 Å². The zero-order valence-electron chi connectivity index (χ0n) is 10.8. The van der Waals surface area contributed by atoms with Crippen molar-refractivity contribution in [1.29, 1.82) is 5.26 Å². The number of nitriles is 1. The quantitative estimate of drug-likeness (QED) is 0.873. The molecular weight excluding hydrogens is 269 g/mol. The van der Waals surface area contributed by atoms with E-state index >= 15 is 0 Å². The molecule has 1 aliphatic rings. The number of halogens is 3. The summed E-state index contributed by atoms with van der Waals surface area (Å²) in [5, 5.41) is 20.8. The molecule has 1 aromatic rings. The fourth-order valence-corrected chi connectivity index (χ4v) is 2.21. The average molecular weight is 284 g/mol. The van der Waals surface area contributed by atoms with Crippen molar-refractivity contribution in [3.63, 3.8) is 0 Å². The van der Waals surface area contributed by atoms with Crippen molar-refractivity contribution >= 4 is 5.69 Å². The van der Waals surface area contributed by atoms with Crippen LogP contribution in [-0.2, 0) is 6.18 Å². The molecule has 0 saturated heterocycles. The van der Waals surface area contributed by atoms with Crippen LogP contribution in [0, 0.1) is 16.7 Å². The number of anilines is 1. The van der Waals surface area contributed by atoms with Crippen LogP contribution >= 0.6 is 0 Å². The van der Waals surface area contributed by atoms with Gasteiger partial charge in [0.2, 0.25) is 0 Å². The van der Waals surface area contributed by atoms with Crippen LogP contribution < -0.4 is 5.32 Å². The van der Waals surface area contributed by atoms with Gasteiger partial charge in [0.05, 0.1) is 17.2 Å². The monoisotopic (exact) mass is 284 g/mol. The minimum Gasteiger partial charge on any atom is -0.396 e. The van der Waals surface area contributed by atoms with Gasteiger partial charge >= 0.3 is 6.18 Å². The predicted molar refractivity (Wildman–Crippen MR) is 68.0 cm³/mol. The largest absolute Gasteiger partial charge is 0.417 e. The summed E-state index contributed by atoms with van der Waals surface area (Å²) in [6.07, 6.45) is -1.82. The number of alkyl halides is 3. The Hall–Kier alpha value is -1.74. The zero-order valence-corrected chi connectivity index (χ0v) is 10.8. The molecule has 1 fully saturated rings. The Morgan fingerprint density at radius 2 is 2.05 bits per heavy atom. The van der Waals surface area contributed by atoms with Gasteiger partial charge in [-0.1, -0.05) is 0 Å². The molecule has 1 aromatic carbocycles. The van der Waals surface area contributed by atoms with Crippen molar-refractivity contribution in [2.75, 3.05) is 18.5 Å². The molecule has 0 bridgehead atoms. The standard InChI is InChI=1S/C14H15F3N2O/c15-14(16,17)12-2-1-11(7-10(12)8-18)19-9-13(3-4-13)5-6-20/h1-2,7,19-20H,3-6,9H2. The van der Waals surface area contributed by atoms with Crippen LogP contribution in [0.1, 0.15) is 30.4 Å². The lowest BCUT2D eigenvalue weighted by Gasteiger charge is -2.16. The van der Waals surface area contributed by atoms with Crippen molar-refractivity contribution in [3.8, 4) is 6.07 Å². The van der Waals surface area contributed by atoms with Crippen LogP contribution in [-0.4, -0.2) is 18.3 Å². The Morgan fingerprint density at radius 3 is 2.55 bits per heavy atom. The Bertz CT molecular complexity index is 530. The van der Waals surface area contributed by atoms with Gasteiger partial charge in [0.25, 0.3) is 0 Å². The minimum absolute atomic E-state index is 0.0598. The second-order valence-corrected chi connectivity index (χ2v) is 5.20. The maximum absolute atomic E-state index is 12.7. The fraction of sp³-hybridized carbons (Fsp3) is 0.500. The van der Waals surface area contributed by atoms with E-state index in [1.165, 1.54) is 12.1 Å². The summed E-state index contributed by atoms with van der Waals surface area (Å²) < 4.78 is 38.0. The molecule has 2 N–H and O–H groups in total. The summed E-state index contributed by atoms with van der Waals surface area (Å²) in [7, 11) is 0. The van der Waals surface area contributed by atoms with Crippen molar-refractivity contribution in [3.05, 3.63) is 29.3 Å². The topological polar surface area (TPSA) is 56.0 Å². The van der Waals surface area contributed by atoms with Gasteiger partial charge in [0, 0.05) is 18.8 Å². The lowest BCUT2D eigenvalue weighted by molar-refractivity contribution is -0.137. The van der Waals surface area contributed by atoms with Crippen molar-refractivity contribution in [1.82, 2.24) is 0 Å². The maximum atomic E-state index is 12.7. The normalized spacial score (nSPS) is 16.6. The van der Waals surface area contributed by atoms with E-state index in [0.29, 0.717) is 18.7 Å². The molecule has 0 aromatic heterocycles. The van der Waals surface area contributed by atoms with Gasteiger partial charge in [-0.15, -0.1) is 0 Å².